The number of rotatable bonds is 11. The molecule has 0 spiro atoms. The molecule has 0 amide bonds. The average molecular weight is 588 g/mol. The lowest BCUT2D eigenvalue weighted by molar-refractivity contribution is -0.140. The Labute approximate surface area is 246 Å². The number of nitriles is 1. The molecule has 0 bridgehead atoms. The SMILES string of the molecule is N#Cc1cncc(COc2cc(O[C@@H]3CCc4c(-c5ccccc5F)cccc43)c(Cl)cc2CN[C@@H](CO)C(=O)O)c1. The van der Waals surface area contributed by atoms with E-state index in [1.54, 1.807) is 36.5 Å². The van der Waals surface area contributed by atoms with E-state index in [4.69, 9.17) is 21.1 Å². The van der Waals surface area contributed by atoms with Crippen LogP contribution in [0.25, 0.3) is 11.1 Å². The van der Waals surface area contributed by atoms with Crippen molar-refractivity contribution in [1.82, 2.24) is 10.3 Å². The molecule has 1 aliphatic carbocycles. The molecule has 0 unspecified atom stereocenters. The highest BCUT2D eigenvalue weighted by Gasteiger charge is 2.28. The zero-order valence-electron chi connectivity index (χ0n) is 22.4. The number of nitrogens with one attached hydrogen (secondary N) is 1. The van der Waals surface area contributed by atoms with Crippen molar-refractivity contribution < 1.29 is 28.9 Å². The molecule has 1 aromatic heterocycles. The summed E-state index contributed by atoms with van der Waals surface area (Å²) in [4.78, 5) is 15.5. The summed E-state index contributed by atoms with van der Waals surface area (Å²) in [6, 6.07) is 18.3. The van der Waals surface area contributed by atoms with Gasteiger partial charge in [0.05, 0.1) is 17.2 Å². The van der Waals surface area contributed by atoms with Gasteiger partial charge < -0.3 is 19.7 Å². The molecule has 10 heteroatoms. The number of benzene rings is 3. The number of hydrogen-bond donors (Lipinski definition) is 3. The van der Waals surface area contributed by atoms with Crippen molar-refractivity contribution in [2.24, 2.45) is 0 Å². The predicted molar refractivity (Wildman–Crippen MR) is 154 cm³/mol. The van der Waals surface area contributed by atoms with Crippen LogP contribution in [0.2, 0.25) is 5.02 Å². The molecule has 2 atom stereocenters. The van der Waals surface area contributed by atoms with Crippen molar-refractivity contribution in [2.75, 3.05) is 6.61 Å². The summed E-state index contributed by atoms with van der Waals surface area (Å²) in [6.07, 6.45) is 4.07. The van der Waals surface area contributed by atoms with Crippen LogP contribution in [0, 0.1) is 17.1 Å². The lowest BCUT2D eigenvalue weighted by Crippen LogP contribution is -2.39. The molecular formula is C32H27ClFN3O5. The number of ether oxygens (including phenoxy) is 2. The predicted octanol–water partition coefficient (Wildman–Crippen LogP) is 5.59. The number of halogens is 2. The molecule has 42 heavy (non-hydrogen) atoms. The Morgan fingerprint density at radius 3 is 2.71 bits per heavy atom. The van der Waals surface area contributed by atoms with E-state index in [9.17, 15) is 24.7 Å². The molecule has 0 fully saturated rings. The van der Waals surface area contributed by atoms with Crippen LogP contribution >= 0.6 is 11.6 Å². The minimum Gasteiger partial charge on any atom is -0.488 e. The second kappa shape index (κ2) is 13.0. The molecular weight excluding hydrogens is 561 g/mol. The lowest BCUT2D eigenvalue weighted by atomic mass is 9.96. The maximum atomic E-state index is 14.6. The van der Waals surface area contributed by atoms with Gasteiger partial charge in [0.2, 0.25) is 0 Å². The van der Waals surface area contributed by atoms with Crippen molar-refractivity contribution in [3.8, 4) is 28.7 Å². The van der Waals surface area contributed by atoms with E-state index in [1.807, 2.05) is 30.3 Å². The van der Waals surface area contributed by atoms with Crippen LogP contribution in [-0.2, 0) is 24.4 Å². The topological polar surface area (TPSA) is 125 Å². The third-order valence-electron chi connectivity index (χ3n) is 7.10. The monoisotopic (exact) mass is 587 g/mol. The summed E-state index contributed by atoms with van der Waals surface area (Å²) < 4.78 is 27.1. The summed E-state index contributed by atoms with van der Waals surface area (Å²) in [5, 5.41) is 31.0. The first-order valence-electron chi connectivity index (χ1n) is 13.3. The van der Waals surface area contributed by atoms with Gasteiger partial charge in [-0.15, -0.1) is 0 Å². The molecule has 5 rings (SSSR count). The number of carbonyl (C=O) groups is 1. The third kappa shape index (κ3) is 6.37. The Kier molecular flexibility index (Phi) is 8.98. The molecule has 8 nitrogen and oxygen atoms in total. The fourth-order valence-electron chi connectivity index (χ4n) is 5.01. The minimum absolute atomic E-state index is 0.0433. The van der Waals surface area contributed by atoms with Crippen LogP contribution in [0.1, 0.15) is 40.3 Å². The molecule has 0 saturated heterocycles. The second-order valence-corrected chi connectivity index (χ2v) is 10.2. The van der Waals surface area contributed by atoms with Crippen molar-refractivity contribution in [2.45, 2.75) is 38.1 Å². The summed E-state index contributed by atoms with van der Waals surface area (Å²) in [7, 11) is 0. The number of carboxylic acid groups (broad SMARTS) is 1. The van der Waals surface area contributed by atoms with Gasteiger partial charge in [0, 0.05) is 41.7 Å². The smallest absolute Gasteiger partial charge is 0.323 e. The van der Waals surface area contributed by atoms with E-state index in [0.717, 1.165) is 16.7 Å². The fraction of sp³-hybridized carbons (Fsp3) is 0.219. The first kappa shape index (κ1) is 29.0. The van der Waals surface area contributed by atoms with E-state index in [0.29, 0.717) is 51.6 Å². The second-order valence-electron chi connectivity index (χ2n) is 9.83. The van der Waals surface area contributed by atoms with Gasteiger partial charge in [0.25, 0.3) is 0 Å². The van der Waals surface area contributed by atoms with Gasteiger partial charge in [-0.3, -0.25) is 15.1 Å². The normalized spacial score (nSPS) is 14.6. The Morgan fingerprint density at radius 1 is 1.14 bits per heavy atom. The Morgan fingerprint density at radius 2 is 1.95 bits per heavy atom. The number of pyridine rings is 1. The molecule has 0 aliphatic heterocycles. The van der Waals surface area contributed by atoms with Gasteiger partial charge in [-0.1, -0.05) is 48.0 Å². The maximum absolute atomic E-state index is 14.6. The Bertz CT molecular complexity index is 1660. The summed E-state index contributed by atoms with van der Waals surface area (Å²) in [5.74, 6) is -0.735. The zero-order valence-corrected chi connectivity index (χ0v) is 23.1. The van der Waals surface area contributed by atoms with Gasteiger partial charge in [-0.05, 0) is 47.7 Å². The highest BCUT2D eigenvalue weighted by atomic mass is 35.5. The van der Waals surface area contributed by atoms with Gasteiger partial charge in [0.15, 0.2) is 0 Å². The Balaban J connectivity index is 1.43. The highest BCUT2D eigenvalue weighted by Crippen LogP contribution is 2.43. The molecule has 0 saturated carbocycles. The Hall–Kier alpha value is -4.49. The highest BCUT2D eigenvalue weighted by molar-refractivity contribution is 6.32. The van der Waals surface area contributed by atoms with E-state index >= 15 is 0 Å². The molecule has 1 heterocycles. The summed E-state index contributed by atoms with van der Waals surface area (Å²) in [6.45, 7) is -0.470. The number of hydrogen-bond acceptors (Lipinski definition) is 7. The molecule has 3 N–H and O–H groups in total. The van der Waals surface area contributed by atoms with Crippen LogP contribution in [0.5, 0.6) is 11.5 Å². The van der Waals surface area contributed by atoms with Gasteiger partial charge in [0.1, 0.15) is 42.1 Å². The van der Waals surface area contributed by atoms with Gasteiger partial charge in [-0.2, -0.15) is 5.26 Å². The number of fused-ring (bicyclic) bond motifs is 1. The molecule has 3 aromatic carbocycles. The van der Waals surface area contributed by atoms with Crippen LogP contribution in [0.3, 0.4) is 0 Å². The van der Waals surface area contributed by atoms with Crippen LogP contribution in [0.15, 0.2) is 73.1 Å². The van der Waals surface area contributed by atoms with E-state index < -0.39 is 18.6 Å². The quantitative estimate of drug-likeness (QED) is 0.207. The maximum Gasteiger partial charge on any atom is 0.323 e. The lowest BCUT2D eigenvalue weighted by Gasteiger charge is -2.20. The zero-order chi connectivity index (χ0) is 29.6. The van der Waals surface area contributed by atoms with E-state index in [-0.39, 0.29) is 25.1 Å². The van der Waals surface area contributed by atoms with E-state index in [1.165, 1.54) is 12.3 Å². The number of aliphatic hydroxyl groups is 1. The van der Waals surface area contributed by atoms with E-state index in [2.05, 4.69) is 10.3 Å². The van der Waals surface area contributed by atoms with Crippen molar-refractivity contribution in [3.05, 3.63) is 112 Å². The number of aromatic nitrogens is 1. The number of nitrogens with zero attached hydrogens (tertiary/aromatic N) is 2. The standard InChI is InChI=1S/C32H27ClFN3O5/c33-26-11-21(16-37-28(17-38)32(39)40)30(41-18-20-10-19(13-35)14-36-15-20)12-31(26)42-29-9-8-23-22(5-3-6-25(23)29)24-4-1-2-7-27(24)34/h1-7,10-12,14-15,28-29,37-38H,8-9,16-18H2,(H,39,40)/t28-,29+/m0/s1. The van der Waals surface area contributed by atoms with Gasteiger partial charge >= 0.3 is 5.97 Å². The van der Waals surface area contributed by atoms with Crippen LogP contribution in [-0.4, -0.2) is 33.8 Å². The van der Waals surface area contributed by atoms with Gasteiger partial charge in [-0.25, -0.2) is 4.39 Å². The molecule has 0 radical (unpaired) electrons. The summed E-state index contributed by atoms with van der Waals surface area (Å²) >= 11 is 6.65. The largest absolute Gasteiger partial charge is 0.488 e. The molecule has 1 aliphatic rings. The third-order valence-corrected chi connectivity index (χ3v) is 7.40. The summed E-state index contributed by atoms with van der Waals surface area (Å²) in [5.41, 5.74) is 4.94. The van der Waals surface area contributed by atoms with Crippen molar-refractivity contribution >= 4 is 17.6 Å². The fourth-order valence-corrected chi connectivity index (χ4v) is 5.25. The number of aliphatic hydroxyl groups excluding tert-OH is 1. The number of aliphatic carboxylic acids is 1. The average Bonchev–Trinajstić information content (AvgIpc) is 3.41. The van der Waals surface area contributed by atoms with Crippen LogP contribution < -0.4 is 14.8 Å². The first-order chi connectivity index (χ1) is 20.4. The van der Waals surface area contributed by atoms with Crippen molar-refractivity contribution in [1.29, 1.82) is 5.26 Å². The molecule has 4 aromatic rings. The number of carboxylic acids is 1. The van der Waals surface area contributed by atoms with Crippen LogP contribution in [0.4, 0.5) is 4.39 Å². The van der Waals surface area contributed by atoms with Crippen molar-refractivity contribution in [3.63, 3.8) is 0 Å². The first-order valence-corrected chi connectivity index (χ1v) is 13.7. The molecule has 214 valence electrons. The minimum atomic E-state index is -1.19.